The monoisotopic (exact) mass is 279 g/mol. The number of anilines is 1. The van der Waals surface area contributed by atoms with Gasteiger partial charge in [0.1, 0.15) is 5.69 Å². The first-order chi connectivity index (χ1) is 9.40. The van der Waals surface area contributed by atoms with Gasteiger partial charge in [0.05, 0.1) is 11.0 Å². The number of nitrogens with two attached hydrogens (primary N) is 1. The minimum absolute atomic E-state index is 0.0301. The zero-order valence-corrected chi connectivity index (χ0v) is 12.1. The molecule has 20 heavy (non-hydrogen) atoms. The molecule has 2 rings (SSSR count). The SMILES string of the molecule is CC(C)Oc1cccc(N2CC(C)C(N)C2)c1[N+](=O)[O-]. The molecule has 0 radical (unpaired) electrons. The largest absolute Gasteiger partial charge is 0.484 e. The molecule has 2 unspecified atom stereocenters. The minimum Gasteiger partial charge on any atom is -0.484 e. The molecule has 0 aromatic heterocycles. The fraction of sp³-hybridized carbons (Fsp3) is 0.571. The molecule has 1 aromatic rings. The van der Waals surface area contributed by atoms with Crippen LogP contribution in [0.15, 0.2) is 18.2 Å². The van der Waals surface area contributed by atoms with Crippen LogP contribution in [0, 0.1) is 16.0 Å². The number of nitro benzene ring substituents is 1. The summed E-state index contributed by atoms with van der Waals surface area (Å²) in [5.74, 6) is 0.639. The number of nitrogens with zero attached hydrogens (tertiary/aromatic N) is 2. The van der Waals surface area contributed by atoms with E-state index in [-0.39, 0.29) is 22.8 Å². The molecule has 1 aromatic carbocycles. The van der Waals surface area contributed by atoms with Crippen molar-refractivity contribution in [3.05, 3.63) is 28.3 Å². The van der Waals surface area contributed by atoms with Crippen LogP contribution in [0.5, 0.6) is 5.75 Å². The zero-order valence-electron chi connectivity index (χ0n) is 12.1. The Labute approximate surface area is 118 Å². The maximum absolute atomic E-state index is 11.4. The summed E-state index contributed by atoms with van der Waals surface area (Å²) in [5, 5.41) is 11.4. The third-order valence-corrected chi connectivity index (χ3v) is 3.53. The van der Waals surface area contributed by atoms with E-state index in [1.54, 1.807) is 18.2 Å². The highest BCUT2D eigenvalue weighted by molar-refractivity contribution is 5.70. The van der Waals surface area contributed by atoms with Gasteiger partial charge in [-0.25, -0.2) is 0 Å². The quantitative estimate of drug-likeness (QED) is 0.674. The summed E-state index contributed by atoms with van der Waals surface area (Å²) in [6.07, 6.45) is -0.108. The Morgan fingerprint density at radius 1 is 1.45 bits per heavy atom. The molecule has 2 N–H and O–H groups in total. The highest BCUT2D eigenvalue weighted by Gasteiger charge is 2.32. The van der Waals surface area contributed by atoms with Crippen LogP contribution in [0.1, 0.15) is 20.8 Å². The first kappa shape index (κ1) is 14.6. The Morgan fingerprint density at radius 3 is 2.65 bits per heavy atom. The minimum atomic E-state index is -0.373. The van der Waals surface area contributed by atoms with Gasteiger partial charge in [-0.15, -0.1) is 0 Å². The summed E-state index contributed by atoms with van der Waals surface area (Å²) in [7, 11) is 0. The molecule has 1 saturated heterocycles. The fourth-order valence-electron chi connectivity index (χ4n) is 2.49. The summed E-state index contributed by atoms with van der Waals surface area (Å²) in [6.45, 7) is 7.12. The first-order valence-electron chi connectivity index (χ1n) is 6.84. The normalized spacial score (nSPS) is 22.4. The van der Waals surface area contributed by atoms with Crippen molar-refractivity contribution in [2.75, 3.05) is 18.0 Å². The predicted molar refractivity (Wildman–Crippen MR) is 78.2 cm³/mol. The lowest BCUT2D eigenvalue weighted by Crippen LogP contribution is -2.28. The third kappa shape index (κ3) is 2.85. The fourth-order valence-corrected chi connectivity index (χ4v) is 2.49. The molecule has 0 bridgehead atoms. The second-order valence-corrected chi connectivity index (χ2v) is 5.59. The van der Waals surface area contributed by atoms with Crippen molar-refractivity contribution < 1.29 is 9.66 Å². The number of hydrogen-bond donors (Lipinski definition) is 1. The van der Waals surface area contributed by atoms with Crippen molar-refractivity contribution in [3.63, 3.8) is 0 Å². The topological polar surface area (TPSA) is 81.6 Å². The molecule has 1 aliphatic heterocycles. The van der Waals surface area contributed by atoms with Crippen LogP contribution in [0.3, 0.4) is 0 Å². The van der Waals surface area contributed by atoms with E-state index in [2.05, 4.69) is 6.92 Å². The summed E-state index contributed by atoms with van der Waals surface area (Å²) in [6, 6.07) is 5.23. The van der Waals surface area contributed by atoms with E-state index in [4.69, 9.17) is 10.5 Å². The van der Waals surface area contributed by atoms with Crippen molar-refractivity contribution in [2.24, 2.45) is 11.7 Å². The highest BCUT2D eigenvalue weighted by atomic mass is 16.6. The number of hydrogen-bond acceptors (Lipinski definition) is 5. The Hall–Kier alpha value is -1.82. The predicted octanol–water partition coefficient (Wildman–Crippen LogP) is 2.17. The van der Waals surface area contributed by atoms with Gasteiger partial charge >= 0.3 is 5.69 Å². The molecular weight excluding hydrogens is 258 g/mol. The van der Waals surface area contributed by atoms with Crippen LogP contribution in [-0.4, -0.2) is 30.2 Å². The molecule has 2 atom stereocenters. The summed E-state index contributed by atoms with van der Waals surface area (Å²) in [5.41, 5.74) is 6.63. The molecule has 1 aliphatic rings. The van der Waals surface area contributed by atoms with Gasteiger partial charge in [0, 0.05) is 19.1 Å². The van der Waals surface area contributed by atoms with Crippen molar-refractivity contribution >= 4 is 11.4 Å². The molecule has 0 saturated carbocycles. The maximum Gasteiger partial charge on any atom is 0.333 e. The molecule has 0 amide bonds. The van der Waals surface area contributed by atoms with E-state index >= 15 is 0 Å². The Morgan fingerprint density at radius 2 is 2.15 bits per heavy atom. The van der Waals surface area contributed by atoms with Crippen molar-refractivity contribution in [2.45, 2.75) is 32.9 Å². The summed E-state index contributed by atoms with van der Waals surface area (Å²) in [4.78, 5) is 13.0. The lowest BCUT2D eigenvalue weighted by molar-refractivity contribution is -0.385. The van der Waals surface area contributed by atoms with Crippen LogP contribution in [0.25, 0.3) is 0 Å². The van der Waals surface area contributed by atoms with Gasteiger partial charge in [0.25, 0.3) is 0 Å². The van der Waals surface area contributed by atoms with E-state index in [1.165, 1.54) is 0 Å². The molecule has 6 heteroatoms. The van der Waals surface area contributed by atoms with E-state index < -0.39 is 0 Å². The number of rotatable bonds is 4. The zero-order chi connectivity index (χ0) is 14.9. The Bertz CT molecular complexity index is 494. The van der Waals surface area contributed by atoms with E-state index in [0.717, 1.165) is 6.54 Å². The van der Waals surface area contributed by atoms with Crippen LogP contribution >= 0.6 is 0 Å². The van der Waals surface area contributed by atoms with E-state index in [9.17, 15) is 10.1 Å². The van der Waals surface area contributed by atoms with Crippen molar-refractivity contribution in [1.29, 1.82) is 0 Å². The van der Waals surface area contributed by atoms with Crippen molar-refractivity contribution in [1.82, 2.24) is 0 Å². The summed E-state index contributed by atoms with van der Waals surface area (Å²) >= 11 is 0. The average molecular weight is 279 g/mol. The molecule has 6 nitrogen and oxygen atoms in total. The van der Waals surface area contributed by atoms with Crippen LogP contribution in [0.4, 0.5) is 11.4 Å². The Balaban J connectivity index is 2.40. The van der Waals surface area contributed by atoms with Gasteiger partial charge in [-0.1, -0.05) is 13.0 Å². The Kier molecular flexibility index (Phi) is 4.13. The lowest BCUT2D eigenvalue weighted by atomic mass is 10.1. The molecular formula is C14H21N3O3. The summed E-state index contributed by atoms with van der Waals surface area (Å²) < 4.78 is 5.56. The smallest absolute Gasteiger partial charge is 0.333 e. The first-order valence-corrected chi connectivity index (χ1v) is 6.84. The molecule has 110 valence electrons. The average Bonchev–Trinajstić information content (AvgIpc) is 2.68. The number of nitro groups is 1. The third-order valence-electron chi connectivity index (χ3n) is 3.53. The molecule has 1 heterocycles. The number of para-hydroxylation sites is 1. The lowest BCUT2D eigenvalue weighted by Gasteiger charge is -2.20. The molecule has 0 aliphatic carbocycles. The molecule has 1 fully saturated rings. The highest BCUT2D eigenvalue weighted by Crippen LogP contribution is 2.39. The van der Waals surface area contributed by atoms with Crippen LogP contribution < -0.4 is 15.4 Å². The van der Waals surface area contributed by atoms with Gasteiger partial charge in [0.15, 0.2) is 5.75 Å². The van der Waals surface area contributed by atoms with Crippen molar-refractivity contribution in [3.8, 4) is 5.75 Å². The van der Waals surface area contributed by atoms with Gasteiger partial charge < -0.3 is 15.4 Å². The second kappa shape index (κ2) is 5.66. The van der Waals surface area contributed by atoms with E-state index in [1.807, 2.05) is 18.7 Å². The molecule has 0 spiro atoms. The van der Waals surface area contributed by atoms with Gasteiger partial charge in [0.2, 0.25) is 0 Å². The van der Waals surface area contributed by atoms with Gasteiger partial charge in [-0.3, -0.25) is 10.1 Å². The van der Waals surface area contributed by atoms with Crippen LogP contribution in [-0.2, 0) is 0 Å². The number of benzene rings is 1. The number of ether oxygens (including phenoxy) is 1. The van der Waals surface area contributed by atoms with Crippen LogP contribution in [0.2, 0.25) is 0 Å². The van der Waals surface area contributed by atoms with Gasteiger partial charge in [-0.2, -0.15) is 0 Å². The second-order valence-electron chi connectivity index (χ2n) is 5.59. The standard InChI is InChI=1S/C14H21N3O3/c1-9(2)20-13-6-4-5-12(14(13)17(18)19)16-7-10(3)11(15)8-16/h4-6,9-11H,7-8,15H2,1-3H3. The maximum atomic E-state index is 11.4. The van der Waals surface area contributed by atoms with Gasteiger partial charge in [-0.05, 0) is 31.9 Å². The van der Waals surface area contributed by atoms with E-state index in [0.29, 0.717) is 23.9 Å².